The van der Waals surface area contributed by atoms with Crippen molar-refractivity contribution < 1.29 is 17.7 Å². The molecule has 1 saturated heterocycles. The lowest BCUT2D eigenvalue weighted by Gasteiger charge is -2.30. The van der Waals surface area contributed by atoms with Crippen molar-refractivity contribution in [3.05, 3.63) is 47.3 Å². The minimum absolute atomic E-state index is 0.0863. The number of carbonyl (C=O) groups excluding carboxylic acids is 1. The van der Waals surface area contributed by atoms with Gasteiger partial charge in [-0.25, -0.2) is 8.42 Å². The molecular formula is C20H23N3O4S. The molecule has 1 aliphatic rings. The van der Waals surface area contributed by atoms with Crippen molar-refractivity contribution in [1.29, 1.82) is 0 Å². The van der Waals surface area contributed by atoms with E-state index in [0.717, 1.165) is 5.56 Å². The van der Waals surface area contributed by atoms with Crippen LogP contribution in [0.1, 0.15) is 29.9 Å². The number of nitrogens with one attached hydrogen (secondary N) is 1. The van der Waals surface area contributed by atoms with Gasteiger partial charge in [-0.15, -0.1) is 0 Å². The molecule has 8 heteroatoms. The van der Waals surface area contributed by atoms with E-state index in [1.165, 1.54) is 4.31 Å². The average molecular weight is 401 g/mol. The maximum atomic E-state index is 12.8. The minimum atomic E-state index is -3.66. The molecule has 0 aliphatic carbocycles. The van der Waals surface area contributed by atoms with Gasteiger partial charge in [0.05, 0.1) is 6.54 Å². The van der Waals surface area contributed by atoms with E-state index in [2.05, 4.69) is 22.3 Å². The summed E-state index contributed by atoms with van der Waals surface area (Å²) >= 11 is 0. The summed E-state index contributed by atoms with van der Waals surface area (Å²) in [6.07, 6.45) is 0.946. The van der Waals surface area contributed by atoms with Crippen LogP contribution in [0.2, 0.25) is 0 Å². The van der Waals surface area contributed by atoms with E-state index < -0.39 is 10.0 Å². The molecule has 1 aliphatic heterocycles. The van der Waals surface area contributed by atoms with Gasteiger partial charge < -0.3 is 9.84 Å². The van der Waals surface area contributed by atoms with E-state index in [0.29, 0.717) is 31.6 Å². The van der Waals surface area contributed by atoms with Gasteiger partial charge in [-0.1, -0.05) is 35.2 Å². The molecule has 1 fully saturated rings. The summed E-state index contributed by atoms with van der Waals surface area (Å²) in [7, 11) is -3.66. The van der Waals surface area contributed by atoms with E-state index >= 15 is 0 Å². The maximum Gasteiger partial charge on any atom is 0.248 e. The SMILES string of the molecule is Cc1noc(C)c1S(=O)(=O)N1CCC(C(=O)NCC#Cc2ccccc2)CC1. The highest BCUT2D eigenvalue weighted by Gasteiger charge is 2.35. The Morgan fingerprint density at radius 2 is 1.93 bits per heavy atom. The highest BCUT2D eigenvalue weighted by atomic mass is 32.2. The lowest BCUT2D eigenvalue weighted by Crippen LogP contribution is -2.43. The second-order valence-corrected chi connectivity index (χ2v) is 8.59. The van der Waals surface area contributed by atoms with Gasteiger partial charge in [0.2, 0.25) is 15.9 Å². The Morgan fingerprint density at radius 1 is 1.25 bits per heavy atom. The van der Waals surface area contributed by atoms with Gasteiger partial charge in [0.1, 0.15) is 10.6 Å². The molecule has 28 heavy (non-hydrogen) atoms. The van der Waals surface area contributed by atoms with Gasteiger partial charge in [0, 0.05) is 24.6 Å². The van der Waals surface area contributed by atoms with Crippen molar-refractivity contribution in [2.75, 3.05) is 19.6 Å². The quantitative estimate of drug-likeness (QED) is 0.790. The lowest BCUT2D eigenvalue weighted by molar-refractivity contribution is -0.125. The maximum absolute atomic E-state index is 12.8. The smallest absolute Gasteiger partial charge is 0.248 e. The third-order valence-electron chi connectivity index (χ3n) is 4.75. The highest BCUT2D eigenvalue weighted by Crippen LogP contribution is 2.27. The van der Waals surface area contributed by atoms with Crippen LogP contribution in [0, 0.1) is 31.6 Å². The molecule has 0 saturated carbocycles. The highest BCUT2D eigenvalue weighted by molar-refractivity contribution is 7.89. The first-order chi connectivity index (χ1) is 13.4. The summed E-state index contributed by atoms with van der Waals surface area (Å²) in [5.74, 6) is 5.91. The van der Waals surface area contributed by atoms with Crippen molar-refractivity contribution >= 4 is 15.9 Å². The first-order valence-electron chi connectivity index (χ1n) is 9.14. The summed E-state index contributed by atoms with van der Waals surface area (Å²) in [5, 5.41) is 6.54. The van der Waals surface area contributed by atoms with E-state index in [9.17, 15) is 13.2 Å². The van der Waals surface area contributed by atoms with Gasteiger partial charge in [-0.3, -0.25) is 4.79 Å². The number of piperidine rings is 1. The second-order valence-electron chi connectivity index (χ2n) is 6.72. The van der Waals surface area contributed by atoms with Gasteiger partial charge >= 0.3 is 0 Å². The summed E-state index contributed by atoms with van der Waals surface area (Å²) in [6.45, 7) is 4.05. The van der Waals surface area contributed by atoms with Crippen LogP contribution in [-0.2, 0) is 14.8 Å². The van der Waals surface area contributed by atoms with Crippen LogP contribution in [-0.4, -0.2) is 43.4 Å². The van der Waals surface area contributed by atoms with Gasteiger partial charge in [0.15, 0.2) is 5.76 Å². The number of amides is 1. The molecule has 0 unspecified atom stereocenters. The molecule has 1 N–H and O–H groups in total. The molecule has 2 heterocycles. The Morgan fingerprint density at radius 3 is 2.54 bits per heavy atom. The zero-order chi connectivity index (χ0) is 20.1. The zero-order valence-electron chi connectivity index (χ0n) is 15.9. The van der Waals surface area contributed by atoms with Crippen molar-refractivity contribution in [2.45, 2.75) is 31.6 Å². The van der Waals surface area contributed by atoms with Crippen LogP contribution in [0.5, 0.6) is 0 Å². The third-order valence-corrected chi connectivity index (χ3v) is 6.89. The molecule has 1 aromatic heterocycles. The Hall–Kier alpha value is -2.63. The number of aryl methyl sites for hydroxylation is 2. The number of aromatic nitrogens is 1. The predicted octanol–water partition coefficient (Wildman–Crippen LogP) is 1.86. The number of rotatable bonds is 4. The number of hydrogen-bond acceptors (Lipinski definition) is 5. The van der Waals surface area contributed by atoms with E-state index in [4.69, 9.17) is 4.52 Å². The van der Waals surface area contributed by atoms with Gasteiger partial charge in [-0.2, -0.15) is 4.31 Å². The Bertz CT molecular complexity index is 976. The van der Waals surface area contributed by atoms with E-state index in [1.807, 2.05) is 30.3 Å². The normalized spacial score (nSPS) is 15.6. The lowest BCUT2D eigenvalue weighted by atomic mass is 9.97. The first-order valence-corrected chi connectivity index (χ1v) is 10.6. The first kappa shape index (κ1) is 20.1. The molecule has 2 aromatic rings. The molecule has 0 radical (unpaired) electrons. The minimum Gasteiger partial charge on any atom is -0.360 e. The number of nitrogens with zero attached hydrogens (tertiary/aromatic N) is 2. The van der Waals surface area contributed by atoms with Crippen molar-refractivity contribution in [1.82, 2.24) is 14.8 Å². The zero-order valence-corrected chi connectivity index (χ0v) is 16.8. The van der Waals surface area contributed by atoms with Crippen LogP contribution in [0.15, 0.2) is 39.8 Å². The van der Waals surface area contributed by atoms with Crippen LogP contribution in [0.3, 0.4) is 0 Å². The molecule has 1 amide bonds. The number of hydrogen-bond donors (Lipinski definition) is 1. The molecule has 0 spiro atoms. The molecule has 7 nitrogen and oxygen atoms in total. The predicted molar refractivity (Wildman–Crippen MR) is 104 cm³/mol. The average Bonchev–Trinajstić information content (AvgIpc) is 3.05. The van der Waals surface area contributed by atoms with Crippen LogP contribution >= 0.6 is 0 Å². The fourth-order valence-electron chi connectivity index (χ4n) is 3.27. The summed E-state index contributed by atoms with van der Waals surface area (Å²) < 4.78 is 32.0. The number of sulfonamides is 1. The molecule has 0 bridgehead atoms. The Labute approximate surface area is 165 Å². The monoisotopic (exact) mass is 401 g/mol. The molecule has 1 aromatic carbocycles. The van der Waals surface area contributed by atoms with Crippen molar-refractivity contribution in [3.8, 4) is 11.8 Å². The van der Waals surface area contributed by atoms with Crippen LogP contribution in [0.4, 0.5) is 0 Å². The van der Waals surface area contributed by atoms with E-state index in [-0.39, 0.29) is 29.0 Å². The topological polar surface area (TPSA) is 92.5 Å². The fraction of sp³-hybridized carbons (Fsp3) is 0.400. The second kappa shape index (κ2) is 8.59. The van der Waals surface area contributed by atoms with Crippen LogP contribution in [0.25, 0.3) is 0 Å². The number of benzene rings is 1. The molecular weight excluding hydrogens is 378 g/mol. The number of carbonyl (C=O) groups is 1. The van der Waals surface area contributed by atoms with Gasteiger partial charge in [0.25, 0.3) is 0 Å². The molecule has 0 atom stereocenters. The molecule has 148 valence electrons. The Balaban J connectivity index is 1.52. The van der Waals surface area contributed by atoms with Crippen molar-refractivity contribution in [2.24, 2.45) is 5.92 Å². The van der Waals surface area contributed by atoms with E-state index in [1.54, 1.807) is 13.8 Å². The fourth-order valence-corrected chi connectivity index (χ4v) is 5.03. The van der Waals surface area contributed by atoms with Crippen LogP contribution < -0.4 is 5.32 Å². The van der Waals surface area contributed by atoms with Crippen molar-refractivity contribution in [3.63, 3.8) is 0 Å². The Kier molecular flexibility index (Phi) is 6.17. The summed E-state index contributed by atoms with van der Waals surface area (Å²) in [6, 6.07) is 9.55. The molecule has 3 rings (SSSR count). The third kappa shape index (κ3) is 4.43. The largest absolute Gasteiger partial charge is 0.360 e. The standard InChI is InChI=1S/C20H23N3O4S/c1-15-19(16(2)27-22-15)28(25,26)23-13-10-18(11-14-23)20(24)21-12-6-9-17-7-4-3-5-8-17/h3-5,7-8,18H,10-14H2,1-2H3,(H,21,24). The van der Waals surface area contributed by atoms with Gasteiger partial charge in [-0.05, 0) is 38.8 Å². The summed E-state index contributed by atoms with van der Waals surface area (Å²) in [4.78, 5) is 12.5. The summed E-state index contributed by atoms with van der Waals surface area (Å²) in [5.41, 5.74) is 1.25.